The van der Waals surface area contributed by atoms with Crippen LogP contribution in [0.2, 0.25) is 0 Å². The summed E-state index contributed by atoms with van der Waals surface area (Å²) in [6, 6.07) is 16.5. The molecule has 0 fully saturated rings. The predicted octanol–water partition coefficient (Wildman–Crippen LogP) is 3.29. The Morgan fingerprint density at radius 2 is 1.57 bits per heavy atom. The second kappa shape index (κ2) is 5.54. The lowest BCUT2D eigenvalue weighted by Crippen LogP contribution is -1.85. The molecule has 0 saturated heterocycles. The van der Waals surface area contributed by atoms with Gasteiger partial charge in [-0.1, -0.05) is 47.6 Å². The third-order valence-electron chi connectivity index (χ3n) is 3.28. The lowest BCUT2D eigenvalue weighted by atomic mass is 10.00. The summed E-state index contributed by atoms with van der Waals surface area (Å²) in [5.74, 6) is 0.702. The normalized spacial score (nSPS) is 11.0. The number of benzene rings is 2. The van der Waals surface area contributed by atoms with Gasteiger partial charge in [-0.25, -0.2) is 8.42 Å². The number of nitrogens with zero attached hydrogens (tertiary/aromatic N) is 1. The van der Waals surface area contributed by atoms with Crippen LogP contribution in [0, 0.1) is 6.92 Å². The van der Waals surface area contributed by atoms with Gasteiger partial charge in [-0.15, -0.1) is 0 Å². The van der Waals surface area contributed by atoms with Crippen molar-refractivity contribution in [1.29, 1.82) is 0 Å². The van der Waals surface area contributed by atoms with Crippen LogP contribution in [0.15, 0.2) is 64.0 Å². The highest BCUT2D eigenvalue weighted by atomic mass is 32.2. The Balaban J connectivity index is 2.12. The van der Waals surface area contributed by atoms with Crippen molar-refractivity contribution in [2.45, 2.75) is 11.8 Å². The molecule has 0 bridgehead atoms. The number of hydrogen-bond acceptors (Lipinski definition) is 4. The van der Waals surface area contributed by atoms with Gasteiger partial charge in [0.05, 0.1) is 10.5 Å². The van der Waals surface area contributed by atoms with Crippen molar-refractivity contribution in [1.82, 2.24) is 5.16 Å². The van der Waals surface area contributed by atoms with Crippen LogP contribution in [0.4, 0.5) is 0 Å². The van der Waals surface area contributed by atoms with Crippen LogP contribution >= 0.6 is 0 Å². The summed E-state index contributed by atoms with van der Waals surface area (Å²) in [6.07, 6.45) is 0. The Kier molecular flexibility index (Phi) is 3.58. The summed E-state index contributed by atoms with van der Waals surface area (Å²) in [5, 5.41) is 4.13. The van der Waals surface area contributed by atoms with Crippen LogP contribution in [-0.2, 0) is 10.7 Å². The largest absolute Gasteiger partial charge is 0.360 e. The first-order chi connectivity index (χ1) is 10.2. The van der Waals surface area contributed by atoms with Crippen molar-refractivity contribution < 1.29 is 12.9 Å². The zero-order valence-electron chi connectivity index (χ0n) is 11.3. The molecule has 0 aliphatic heterocycles. The first-order valence-electron chi connectivity index (χ1n) is 6.43. The number of thiol groups is 1. The molecule has 3 rings (SSSR count). The highest BCUT2D eigenvalue weighted by Gasteiger charge is 2.16. The van der Waals surface area contributed by atoms with Gasteiger partial charge in [0.2, 0.25) is 0 Å². The predicted molar refractivity (Wildman–Crippen MR) is 80.7 cm³/mol. The van der Waals surface area contributed by atoms with E-state index in [9.17, 15) is 8.42 Å². The first kappa shape index (κ1) is 13.6. The van der Waals surface area contributed by atoms with Gasteiger partial charge in [-0.05, 0) is 24.6 Å². The van der Waals surface area contributed by atoms with Crippen LogP contribution in [0.25, 0.3) is 22.4 Å². The van der Waals surface area contributed by atoms with Crippen LogP contribution in [-0.4, -0.2) is 13.6 Å². The molecule has 0 N–H and O–H groups in total. The van der Waals surface area contributed by atoms with Gasteiger partial charge in [0.25, 0.3) is 0 Å². The van der Waals surface area contributed by atoms with E-state index < -0.39 is 10.7 Å². The fraction of sp³-hybridized carbons (Fsp3) is 0.0625. The Labute approximate surface area is 124 Å². The molecule has 0 spiro atoms. The van der Waals surface area contributed by atoms with Crippen LogP contribution in [0.5, 0.6) is 0 Å². The van der Waals surface area contributed by atoms with E-state index in [-0.39, 0.29) is 0 Å². The summed E-state index contributed by atoms with van der Waals surface area (Å²) >= 11 is 0. The summed E-state index contributed by atoms with van der Waals surface area (Å²) in [7, 11) is -2.56. The monoisotopic (exact) mass is 299 g/mol. The molecule has 21 heavy (non-hydrogen) atoms. The molecule has 0 aliphatic carbocycles. The molecule has 0 aliphatic rings. The molecule has 2 aromatic carbocycles. The molecule has 0 radical (unpaired) electrons. The number of aryl methyl sites for hydroxylation is 1. The summed E-state index contributed by atoms with van der Waals surface area (Å²) in [4.78, 5) is 0.295. The summed E-state index contributed by atoms with van der Waals surface area (Å²) in [5.41, 5.74) is 3.48. The smallest absolute Gasteiger partial charge is 0.168 e. The highest BCUT2D eigenvalue weighted by Crippen LogP contribution is 2.34. The number of aromatic nitrogens is 1. The summed E-state index contributed by atoms with van der Waals surface area (Å²) in [6.45, 7) is 1.84. The van der Waals surface area contributed by atoms with Crippen LogP contribution < -0.4 is 0 Å². The molecule has 0 saturated carbocycles. The van der Waals surface area contributed by atoms with E-state index in [2.05, 4.69) is 5.16 Å². The molecule has 1 aromatic heterocycles. The standard InChI is InChI=1S/C16H13NO3S/c1-11-15(12-7-9-14(10-8-12)21(18)19)16(17-20-11)13-5-3-2-4-6-13/h2-10,21H,1H3. The van der Waals surface area contributed by atoms with Crippen LogP contribution in [0.3, 0.4) is 0 Å². The van der Waals surface area contributed by atoms with E-state index in [1.807, 2.05) is 37.3 Å². The molecule has 106 valence electrons. The summed E-state index contributed by atoms with van der Waals surface area (Å²) < 4.78 is 27.2. The Hall–Kier alpha value is -2.40. The van der Waals surface area contributed by atoms with E-state index in [1.54, 1.807) is 24.3 Å². The average Bonchev–Trinajstić information content (AvgIpc) is 2.90. The van der Waals surface area contributed by atoms with Crippen molar-refractivity contribution in [3.8, 4) is 22.4 Å². The Morgan fingerprint density at radius 1 is 0.905 bits per heavy atom. The average molecular weight is 299 g/mol. The molecule has 0 unspecified atom stereocenters. The molecule has 0 amide bonds. The Morgan fingerprint density at radius 3 is 2.19 bits per heavy atom. The maximum atomic E-state index is 11.0. The van der Waals surface area contributed by atoms with E-state index in [0.29, 0.717) is 10.7 Å². The fourth-order valence-corrected chi connectivity index (χ4v) is 2.65. The molecule has 3 aromatic rings. The van der Waals surface area contributed by atoms with E-state index in [0.717, 1.165) is 22.4 Å². The van der Waals surface area contributed by atoms with Gasteiger partial charge in [-0.2, -0.15) is 0 Å². The van der Waals surface area contributed by atoms with Gasteiger partial charge >= 0.3 is 0 Å². The van der Waals surface area contributed by atoms with Gasteiger partial charge in [0.1, 0.15) is 11.5 Å². The van der Waals surface area contributed by atoms with Crippen LogP contribution in [0.1, 0.15) is 5.76 Å². The zero-order valence-corrected chi connectivity index (χ0v) is 12.2. The minimum absolute atomic E-state index is 0.295. The van der Waals surface area contributed by atoms with Crippen molar-refractivity contribution in [2.75, 3.05) is 0 Å². The maximum Gasteiger partial charge on any atom is 0.168 e. The first-order valence-corrected chi connectivity index (χ1v) is 7.61. The van der Waals surface area contributed by atoms with Crippen molar-refractivity contribution >= 4 is 10.7 Å². The van der Waals surface area contributed by atoms with Crippen molar-refractivity contribution in [3.05, 3.63) is 60.4 Å². The molecular weight excluding hydrogens is 286 g/mol. The SMILES string of the molecule is Cc1onc(-c2ccccc2)c1-c1ccc([SH](=O)=O)cc1. The van der Waals surface area contributed by atoms with E-state index in [1.165, 1.54) is 0 Å². The van der Waals surface area contributed by atoms with Gasteiger partial charge in [0.15, 0.2) is 10.7 Å². The minimum Gasteiger partial charge on any atom is -0.360 e. The quantitative estimate of drug-likeness (QED) is 0.754. The number of rotatable bonds is 3. The topological polar surface area (TPSA) is 60.2 Å². The number of hydrogen-bond donors (Lipinski definition) is 1. The fourth-order valence-electron chi connectivity index (χ4n) is 2.25. The second-order valence-corrected chi connectivity index (χ2v) is 5.66. The van der Waals surface area contributed by atoms with Gasteiger partial charge in [-0.3, -0.25) is 0 Å². The van der Waals surface area contributed by atoms with Crippen molar-refractivity contribution in [3.63, 3.8) is 0 Å². The lowest BCUT2D eigenvalue weighted by molar-refractivity contribution is 0.400. The molecule has 0 atom stereocenters. The second-order valence-electron chi connectivity index (χ2n) is 4.63. The van der Waals surface area contributed by atoms with E-state index >= 15 is 0 Å². The third kappa shape index (κ3) is 2.60. The molecule has 4 nitrogen and oxygen atoms in total. The highest BCUT2D eigenvalue weighted by molar-refractivity contribution is 7.72. The zero-order chi connectivity index (χ0) is 14.8. The molecular formula is C16H13NO3S. The van der Waals surface area contributed by atoms with Gasteiger partial charge < -0.3 is 4.52 Å². The van der Waals surface area contributed by atoms with Gasteiger partial charge in [0, 0.05) is 5.56 Å². The van der Waals surface area contributed by atoms with Crippen molar-refractivity contribution in [2.24, 2.45) is 0 Å². The van der Waals surface area contributed by atoms with E-state index in [4.69, 9.17) is 4.52 Å². The minimum atomic E-state index is -2.56. The third-order valence-corrected chi connectivity index (χ3v) is 4.00. The molecule has 1 heterocycles. The maximum absolute atomic E-state index is 11.0. The molecule has 5 heteroatoms. The lowest BCUT2D eigenvalue weighted by Gasteiger charge is -2.03. The Bertz CT molecular complexity index is 826.